The first-order valence-corrected chi connectivity index (χ1v) is 11.0. The molecule has 0 spiro atoms. The van der Waals surface area contributed by atoms with Crippen LogP contribution in [0.25, 0.3) is 0 Å². The van der Waals surface area contributed by atoms with Crippen LogP contribution in [0.3, 0.4) is 0 Å². The quantitative estimate of drug-likeness (QED) is 0.304. The summed E-state index contributed by atoms with van der Waals surface area (Å²) < 4.78 is 4.93. The molecule has 1 unspecified atom stereocenters. The smallest absolute Gasteiger partial charge is 0.220 e. The lowest BCUT2D eigenvalue weighted by molar-refractivity contribution is -0.121. The molecule has 0 bridgehead atoms. The van der Waals surface area contributed by atoms with Crippen molar-refractivity contribution in [3.8, 4) is 11.5 Å². The number of carbonyl (C=O) groups excluding carboxylic acids is 1. The highest BCUT2D eigenvalue weighted by atomic mass is 16.5. The first kappa shape index (κ1) is 25.6. The minimum Gasteiger partial charge on any atom is -0.508 e. The summed E-state index contributed by atoms with van der Waals surface area (Å²) in [5.41, 5.74) is 2.55. The molecule has 7 heteroatoms. The number of phenols is 2. The van der Waals surface area contributed by atoms with Crippen molar-refractivity contribution in [1.29, 1.82) is 0 Å². The molecular formula is C25H36N2O5. The Balaban J connectivity index is 1.83. The van der Waals surface area contributed by atoms with Crippen molar-refractivity contribution >= 4 is 5.91 Å². The monoisotopic (exact) mass is 444 g/mol. The number of hydrogen-bond acceptors (Lipinski definition) is 6. The van der Waals surface area contributed by atoms with E-state index in [4.69, 9.17) is 4.74 Å². The second kappa shape index (κ2) is 12.4. The van der Waals surface area contributed by atoms with E-state index in [-0.39, 0.29) is 29.5 Å². The summed E-state index contributed by atoms with van der Waals surface area (Å²) in [5, 5.41) is 35.9. The van der Waals surface area contributed by atoms with Gasteiger partial charge in [0.15, 0.2) is 0 Å². The molecule has 32 heavy (non-hydrogen) atoms. The van der Waals surface area contributed by atoms with Crippen molar-refractivity contribution < 1.29 is 24.9 Å². The number of aromatic hydroxyl groups is 2. The van der Waals surface area contributed by atoms with Gasteiger partial charge in [-0.25, -0.2) is 0 Å². The molecule has 0 aromatic heterocycles. The van der Waals surface area contributed by atoms with Gasteiger partial charge in [0.05, 0.1) is 12.7 Å². The molecule has 0 radical (unpaired) electrons. The first-order valence-electron chi connectivity index (χ1n) is 11.0. The molecule has 2 aromatic carbocycles. The fourth-order valence-corrected chi connectivity index (χ4v) is 3.60. The minimum absolute atomic E-state index is 0.0437. The standard InChI is InChI=1S/C25H36N2O5/c1-25(2,27-17-23(30)20-13-21(28)15-22(29)14-20)16-19-8-4-6-18(12-19)7-5-9-24(31)26-10-11-32-3/h4,6,8,12-15,23,27-30H,5,7,9-11,16-17H2,1-3H3,(H,26,31). The number of phenolic OH excluding ortho intramolecular Hbond substituents is 2. The Kier molecular flexibility index (Phi) is 9.97. The van der Waals surface area contributed by atoms with Crippen LogP contribution in [0.2, 0.25) is 0 Å². The van der Waals surface area contributed by atoms with Crippen LogP contribution in [0.4, 0.5) is 0 Å². The Morgan fingerprint density at radius 3 is 2.47 bits per heavy atom. The summed E-state index contributed by atoms with van der Waals surface area (Å²) in [6, 6.07) is 12.5. The summed E-state index contributed by atoms with van der Waals surface area (Å²) in [6.45, 7) is 5.47. The Labute approximate surface area is 190 Å². The maximum Gasteiger partial charge on any atom is 0.220 e. The van der Waals surface area contributed by atoms with Gasteiger partial charge in [-0.05, 0) is 61.9 Å². The molecule has 176 valence electrons. The number of rotatable bonds is 13. The van der Waals surface area contributed by atoms with Gasteiger partial charge in [0.25, 0.3) is 0 Å². The normalized spacial score (nSPS) is 12.5. The summed E-state index contributed by atoms with van der Waals surface area (Å²) in [7, 11) is 1.61. The van der Waals surface area contributed by atoms with Gasteiger partial charge in [-0.3, -0.25) is 4.79 Å². The molecule has 0 heterocycles. The van der Waals surface area contributed by atoms with Gasteiger partial charge < -0.3 is 30.7 Å². The largest absolute Gasteiger partial charge is 0.508 e. The van der Waals surface area contributed by atoms with Crippen molar-refractivity contribution in [3.63, 3.8) is 0 Å². The lowest BCUT2D eigenvalue weighted by Gasteiger charge is -2.28. The third-order valence-corrected chi connectivity index (χ3v) is 5.22. The summed E-state index contributed by atoms with van der Waals surface area (Å²) >= 11 is 0. The summed E-state index contributed by atoms with van der Waals surface area (Å²) in [6.07, 6.45) is 2.01. The highest BCUT2D eigenvalue weighted by Gasteiger charge is 2.20. The number of benzene rings is 2. The number of aliphatic hydroxyl groups excluding tert-OH is 1. The fraction of sp³-hybridized carbons (Fsp3) is 0.480. The van der Waals surface area contributed by atoms with E-state index in [2.05, 4.69) is 42.7 Å². The summed E-state index contributed by atoms with van der Waals surface area (Å²) in [5.74, 6) is -0.118. The molecule has 2 aromatic rings. The Bertz CT molecular complexity index is 849. The number of methoxy groups -OCH3 is 1. The van der Waals surface area contributed by atoms with Crippen LogP contribution in [0.1, 0.15) is 49.5 Å². The molecule has 0 aliphatic rings. The Hall–Kier alpha value is -2.61. The molecular weight excluding hydrogens is 408 g/mol. The van der Waals surface area contributed by atoms with Crippen molar-refractivity contribution in [2.24, 2.45) is 0 Å². The van der Waals surface area contributed by atoms with Crippen molar-refractivity contribution in [3.05, 3.63) is 59.2 Å². The zero-order valence-electron chi connectivity index (χ0n) is 19.2. The number of amides is 1. The van der Waals surface area contributed by atoms with Gasteiger partial charge in [-0.2, -0.15) is 0 Å². The van der Waals surface area contributed by atoms with Gasteiger partial charge in [0.1, 0.15) is 11.5 Å². The number of β-amino-alcohol motifs (C(OH)–C–C–N with tert-alkyl or cyclic N) is 1. The molecule has 0 aliphatic heterocycles. The molecule has 5 N–H and O–H groups in total. The lowest BCUT2D eigenvalue weighted by Crippen LogP contribution is -2.43. The van der Waals surface area contributed by atoms with Crippen LogP contribution < -0.4 is 10.6 Å². The van der Waals surface area contributed by atoms with Crippen molar-refractivity contribution in [2.75, 3.05) is 26.8 Å². The van der Waals surface area contributed by atoms with Crippen molar-refractivity contribution in [2.45, 2.75) is 51.2 Å². The molecule has 0 aliphatic carbocycles. The lowest BCUT2D eigenvalue weighted by atomic mass is 9.92. The molecule has 0 saturated heterocycles. The maximum atomic E-state index is 11.8. The number of nitrogens with one attached hydrogen (secondary N) is 2. The fourth-order valence-electron chi connectivity index (χ4n) is 3.60. The highest BCUT2D eigenvalue weighted by molar-refractivity contribution is 5.75. The van der Waals surface area contributed by atoms with Gasteiger partial charge in [0, 0.05) is 38.2 Å². The van der Waals surface area contributed by atoms with Gasteiger partial charge >= 0.3 is 0 Å². The average molecular weight is 445 g/mol. The molecule has 2 rings (SSSR count). The van der Waals surface area contributed by atoms with E-state index in [1.165, 1.54) is 29.3 Å². The third-order valence-electron chi connectivity index (χ3n) is 5.22. The zero-order valence-corrected chi connectivity index (χ0v) is 19.2. The van der Waals surface area contributed by atoms with E-state index in [1.54, 1.807) is 7.11 Å². The highest BCUT2D eigenvalue weighted by Crippen LogP contribution is 2.25. The number of hydrogen-bond donors (Lipinski definition) is 5. The van der Waals surface area contributed by atoms with E-state index in [9.17, 15) is 20.1 Å². The molecule has 7 nitrogen and oxygen atoms in total. The predicted octanol–water partition coefficient (Wildman–Crippen LogP) is 2.83. The first-order chi connectivity index (χ1) is 15.2. The van der Waals surface area contributed by atoms with Crippen LogP contribution in [-0.2, 0) is 22.4 Å². The minimum atomic E-state index is -0.853. The van der Waals surface area contributed by atoms with Crippen molar-refractivity contribution in [1.82, 2.24) is 10.6 Å². The molecule has 1 amide bonds. The van der Waals surface area contributed by atoms with Gasteiger partial charge in [-0.15, -0.1) is 0 Å². The number of aliphatic hydroxyl groups is 1. The molecule has 1 atom stereocenters. The van der Waals surface area contributed by atoms with Crippen LogP contribution in [0.5, 0.6) is 11.5 Å². The average Bonchev–Trinajstić information content (AvgIpc) is 2.71. The zero-order chi connectivity index (χ0) is 23.6. The Morgan fingerprint density at radius 2 is 1.78 bits per heavy atom. The molecule has 0 fully saturated rings. The van der Waals surface area contributed by atoms with E-state index in [1.807, 2.05) is 6.07 Å². The van der Waals surface area contributed by atoms with Crippen LogP contribution in [-0.4, -0.2) is 53.6 Å². The molecule has 0 saturated carbocycles. The number of carbonyl (C=O) groups is 1. The summed E-state index contributed by atoms with van der Waals surface area (Å²) in [4.78, 5) is 11.8. The van der Waals surface area contributed by atoms with Crippen LogP contribution in [0, 0.1) is 0 Å². The van der Waals surface area contributed by atoms with Gasteiger partial charge in [0.2, 0.25) is 5.91 Å². The second-order valence-corrected chi connectivity index (χ2v) is 8.76. The van der Waals surface area contributed by atoms with E-state index < -0.39 is 6.10 Å². The maximum absolute atomic E-state index is 11.8. The number of aryl methyl sites for hydroxylation is 1. The van der Waals surface area contributed by atoms with E-state index in [0.717, 1.165) is 19.3 Å². The van der Waals surface area contributed by atoms with Crippen LogP contribution >= 0.6 is 0 Å². The topological polar surface area (TPSA) is 111 Å². The van der Waals surface area contributed by atoms with E-state index in [0.29, 0.717) is 25.1 Å². The third kappa shape index (κ3) is 9.26. The van der Waals surface area contributed by atoms with E-state index >= 15 is 0 Å². The SMILES string of the molecule is COCCNC(=O)CCCc1cccc(CC(C)(C)NCC(O)c2cc(O)cc(O)c2)c1. The second-order valence-electron chi connectivity index (χ2n) is 8.76. The van der Waals surface area contributed by atoms with Gasteiger partial charge in [-0.1, -0.05) is 24.3 Å². The Morgan fingerprint density at radius 1 is 1.09 bits per heavy atom. The number of ether oxygens (including phenoxy) is 1. The predicted molar refractivity (Wildman–Crippen MR) is 125 cm³/mol. The van der Waals surface area contributed by atoms with Crippen LogP contribution in [0.15, 0.2) is 42.5 Å².